The first-order chi connectivity index (χ1) is 15.7. The summed E-state index contributed by atoms with van der Waals surface area (Å²) >= 11 is 0. The summed E-state index contributed by atoms with van der Waals surface area (Å²) in [7, 11) is 1.78. The Kier molecular flexibility index (Phi) is 7.52. The monoisotopic (exact) mass is 460 g/mol. The van der Waals surface area contributed by atoms with Crippen molar-refractivity contribution < 1.29 is 32.2 Å². The first-order valence-electron chi connectivity index (χ1n) is 10.2. The molecule has 1 aliphatic heterocycles. The second-order valence-electron chi connectivity index (χ2n) is 7.56. The van der Waals surface area contributed by atoms with Gasteiger partial charge in [-0.1, -0.05) is 12.1 Å². The number of rotatable bonds is 8. The van der Waals surface area contributed by atoms with Crippen LogP contribution >= 0.6 is 0 Å². The van der Waals surface area contributed by atoms with Crippen molar-refractivity contribution in [3.8, 4) is 5.75 Å². The van der Waals surface area contributed by atoms with E-state index in [0.29, 0.717) is 28.7 Å². The highest BCUT2D eigenvalue weighted by atomic mass is 19.4. The maximum absolute atomic E-state index is 12.8. The third-order valence-electron chi connectivity index (χ3n) is 4.92. The molecule has 1 heterocycles. The minimum absolute atomic E-state index is 0.00316. The van der Waals surface area contributed by atoms with E-state index in [1.165, 1.54) is 6.07 Å². The molecule has 2 aromatic rings. The van der Waals surface area contributed by atoms with E-state index in [0.717, 1.165) is 12.0 Å². The maximum Gasteiger partial charge on any atom is 0.422 e. The van der Waals surface area contributed by atoms with Crippen LogP contribution < -0.4 is 9.64 Å². The SMILES string of the molecule is CC1COC(C=O)=C(CN(C)c2ccc(C=O)cc2)C(c2ccccc2OCC(F)(F)F)=N1. The minimum Gasteiger partial charge on any atom is -0.487 e. The van der Waals surface area contributed by atoms with Crippen LogP contribution in [0.25, 0.3) is 0 Å². The predicted molar refractivity (Wildman–Crippen MR) is 118 cm³/mol. The number of hydrogen-bond donors (Lipinski definition) is 0. The number of aliphatic imine (C=N–C) groups is 1. The highest BCUT2D eigenvalue weighted by molar-refractivity contribution is 6.16. The molecular formula is C24H23F3N2O4. The van der Waals surface area contributed by atoms with E-state index in [4.69, 9.17) is 9.47 Å². The molecule has 0 N–H and O–H groups in total. The summed E-state index contributed by atoms with van der Waals surface area (Å²) in [6.07, 6.45) is -3.19. The molecule has 0 spiro atoms. The van der Waals surface area contributed by atoms with Crippen LogP contribution in [-0.4, -0.2) is 57.3 Å². The lowest BCUT2D eigenvalue weighted by molar-refractivity contribution is -0.153. The van der Waals surface area contributed by atoms with Gasteiger partial charge < -0.3 is 14.4 Å². The normalized spacial score (nSPS) is 16.4. The van der Waals surface area contributed by atoms with Gasteiger partial charge in [-0.25, -0.2) is 0 Å². The summed E-state index contributed by atoms with van der Waals surface area (Å²) in [5.41, 5.74) is 2.36. The molecule has 9 heteroatoms. The summed E-state index contributed by atoms with van der Waals surface area (Å²) < 4.78 is 49.1. The third kappa shape index (κ3) is 6.21. The number of alkyl halides is 3. The Labute approximate surface area is 189 Å². The number of carbonyl (C=O) groups is 2. The Morgan fingerprint density at radius 2 is 1.82 bits per heavy atom. The van der Waals surface area contributed by atoms with E-state index in [2.05, 4.69) is 4.99 Å². The topological polar surface area (TPSA) is 68.2 Å². The van der Waals surface area contributed by atoms with Crippen LogP contribution in [-0.2, 0) is 9.53 Å². The first-order valence-corrected chi connectivity index (χ1v) is 10.2. The van der Waals surface area contributed by atoms with Crippen LogP contribution in [0.2, 0.25) is 0 Å². The number of benzene rings is 2. The van der Waals surface area contributed by atoms with Gasteiger partial charge in [0.15, 0.2) is 18.7 Å². The van der Waals surface area contributed by atoms with Crippen LogP contribution in [0.4, 0.5) is 18.9 Å². The van der Waals surface area contributed by atoms with Crippen molar-refractivity contribution in [2.75, 3.05) is 31.7 Å². The Morgan fingerprint density at radius 1 is 1.12 bits per heavy atom. The van der Waals surface area contributed by atoms with Gasteiger partial charge in [0.2, 0.25) is 0 Å². The average Bonchev–Trinajstić information content (AvgIpc) is 2.95. The Bertz CT molecular complexity index is 1060. The van der Waals surface area contributed by atoms with Crippen LogP contribution in [0.15, 0.2) is 64.9 Å². The molecular weight excluding hydrogens is 437 g/mol. The molecule has 6 nitrogen and oxygen atoms in total. The quantitative estimate of drug-likeness (QED) is 0.552. The molecule has 0 saturated carbocycles. The van der Waals surface area contributed by atoms with Gasteiger partial charge in [-0.05, 0) is 43.3 Å². The standard InChI is InChI=1S/C24H23F3N2O4/c1-16-14-32-22(13-31)20(11-29(2)18-9-7-17(12-30)8-10-18)23(28-16)19-5-3-4-6-21(19)33-15-24(25,26)27/h3-10,12-13,16H,11,14-15H2,1-2H3. The van der Waals surface area contributed by atoms with Crippen LogP contribution in [0.1, 0.15) is 22.8 Å². The zero-order chi connectivity index (χ0) is 24.0. The van der Waals surface area contributed by atoms with Crippen LogP contribution in [0.5, 0.6) is 5.75 Å². The zero-order valence-electron chi connectivity index (χ0n) is 18.1. The number of likely N-dealkylation sites (N-methyl/N-ethyl adjacent to an activating group) is 1. The molecule has 1 aliphatic rings. The van der Waals surface area contributed by atoms with E-state index in [1.54, 1.807) is 56.4 Å². The van der Waals surface area contributed by atoms with Gasteiger partial charge >= 0.3 is 6.18 Å². The van der Waals surface area contributed by atoms with Gasteiger partial charge in [0.1, 0.15) is 18.6 Å². The summed E-state index contributed by atoms with van der Waals surface area (Å²) in [6, 6.07) is 12.7. The smallest absolute Gasteiger partial charge is 0.422 e. The molecule has 0 fully saturated rings. The highest BCUT2D eigenvalue weighted by Gasteiger charge is 2.30. The molecule has 174 valence electrons. The van der Waals surface area contributed by atoms with Crippen molar-refractivity contribution in [1.82, 2.24) is 0 Å². The first kappa shape index (κ1) is 24.0. The molecule has 1 atom stereocenters. The minimum atomic E-state index is -4.50. The Balaban J connectivity index is 2.02. The molecule has 0 radical (unpaired) electrons. The van der Waals surface area contributed by atoms with E-state index in [1.807, 2.05) is 4.90 Å². The highest BCUT2D eigenvalue weighted by Crippen LogP contribution is 2.29. The van der Waals surface area contributed by atoms with Crippen molar-refractivity contribution >= 4 is 24.0 Å². The van der Waals surface area contributed by atoms with E-state index in [-0.39, 0.29) is 30.7 Å². The van der Waals surface area contributed by atoms with Crippen molar-refractivity contribution in [3.05, 3.63) is 71.0 Å². The summed E-state index contributed by atoms with van der Waals surface area (Å²) in [5, 5.41) is 0. The van der Waals surface area contributed by atoms with Crippen molar-refractivity contribution in [2.45, 2.75) is 19.1 Å². The summed E-state index contributed by atoms with van der Waals surface area (Å²) in [6.45, 7) is 0.649. The number of aldehydes is 2. The van der Waals surface area contributed by atoms with Crippen LogP contribution in [0, 0.1) is 0 Å². The molecule has 0 amide bonds. The van der Waals surface area contributed by atoms with Crippen LogP contribution in [0.3, 0.4) is 0 Å². The summed E-state index contributed by atoms with van der Waals surface area (Å²) in [4.78, 5) is 29.3. The van der Waals surface area contributed by atoms with Gasteiger partial charge in [0.25, 0.3) is 0 Å². The largest absolute Gasteiger partial charge is 0.487 e. The number of hydrogen-bond acceptors (Lipinski definition) is 6. The van der Waals surface area contributed by atoms with E-state index in [9.17, 15) is 22.8 Å². The second kappa shape index (κ2) is 10.3. The molecule has 0 saturated heterocycles. The molecule has 0 bridgehead atoms. The maximum atomic E-state index is 12.8. The Morgan fingerprint density at radius 3 is 2.45 bits per heavy atom. The van der Waals surface area contributed by atoms with Gasteiger partial charge in [-0.3, -0.25) is 14.6 Å². The number of allylic oxidation sites excluding steroid dienone is 1. The molecule has 0 aliphatic carbocycles. The molecule has 3 rings (SSSR count). The number of carbonyl (C=O) groups excluding carboxylic acids is 2. The number of halogens is 3. The van der Waals surface area contributed by atoms with Gasteiger partial charge in [0.05, 0.1) is 11.8 Å². The number of anilines is 1. The number of nitrogens with zero attached hydrogens (tertiary/aromatic N) is 2. The van der Waals surface area contributed by atoms with Gasteiger partial charge in [0, 0.05) is 36.0 Å². The van der Waals surface area contributed by atoms with Crippen molar-refractivity contribution in [1.29, 1.82) is 0 Å². The molecule has 0 aromatic heterocycles. The fourth-order valence-electron chi connectivity index (χ4n) is 3.32. The number of ether oxygens (including phenoxy) is 2. The molecule has 33 heavy (non-hydrogen) atoms. The lowest BCUT2D eigenvalue weighted by Gasteiger charge is -2.23. The Hall–Kier alpha value is -3.62. The fraction of sp³-hybridized carbons (Fsp3) is 0.292. The van der Waals surface area contributed by atoms with Crippen molar-refractivity contribution in [3.63, 3.8) is 0 Å². The van der Waals surface area contributed by atoms with Crippen molar-refractivity contribution in [2.24, 2.45) is 4.99 Å². The molecule has 2 aromatic carbocycles. The third-order valence-corrected chi connectivity index (χ3v) is 4.92. The lowest BCUT2D eigenvalue weighted by atomic mass is 9.99. The predicted octanol–water partition coefficient (Wildman–Crippen LogP) is 4.24. The molecule has 1 unspecified atom stereocenters. The zero-order valence-corrected chi connectivity index (χ0v) is 18.1. The van der Waals surface area contributed by atoms with E-state index < -0.39 is 12.8 Å². The van der Waals surface area contributed by atoms with Gasteiger partial charge in [-0.15, -0.1) is 0 Å². The summed E-state index contributed by atoms with van der Waals surface area (Å²) in [5.74, 6) is 0.0588. The second-order valence-corrected chi connectivity index (χ2v) is 7.56. The van der Waals surface area contributed by atoms with E-state index >= 15 is 0 Å². The average molecular weight is 460 g/mol. The fourth-order valence-corrected chi connectivity index (χ4v) is 3.32. The lowest BCUT2D eigenvalue weighted by Crippen LogP contribution is -2.26. The number of para-hydroxylation sites is 1. The van der Waals surface area contributed by atoms with Gasteiger partial charge in [-0.2, -0.15) is 13.2 Å².